The second kappa shape index (κ2) is 5.70. The van der Waals surface area contributed by atoms with E-state index in [0.29, 0.717) is 0 Å². The van der Waals surface area contributed by atoms with Crippen LogP contribution in [0.3, 0.4) is 0 Å². The number of rotatable bonds is 3. The Morgan fingerprint density at radius 3 is 2.38 bits per heavy atom. The highest BCUT2D eigenvalue weighted by atomic mass is 35.5. The van der Waals surface area contributed by atoms with Gasteiger partial charge in [-0.15, -0.1) is 11.6 Å². The van der Waals surface area contributed by atoms with Crippen molar-refractivity contribution in [2.45, 2.75) is 26.3 Å². The molecular formula is C14H20ClN. The first-order chi connectivity index (χ1) is 7.78. The molecule has 88 valence electrons. The highest BCUT2D eigenvalue weighted by Gasteiger charge is 2.17. The molecule has 1 saturated heterocycles. The lowest BCUT2D eigenvalue weighted by atomic mass is 9.98. The normalized spacial score (nSPS) is 18.9. The van der Waals surface area contributed by atoms with Gasteiger partial charge in [0.1, 0.15) is 0 Å². The van der Waals surface area contributed by atoms with E-state index >= 15 is 0 Å². The van der Waals surface area contributed by atoms with Crippen molar-refractivity contribution in [2.24, 2.45) is 5.92 Å². The summed E-state index contributed by atoms with van der Waals surface area (Å²) in [6, 6.07) is 8.87. The molecule has 0 radical (unpaired) electrons. The van der Waals surface area contributed by atoms with E-state index in [1.807, 2.05) is 0 Å². The van der Waals surface area contributed by atoms with Gasteiger partial charge in [-0.2, -0.15) is 0 Å². The number of piperidine rings is 1. The fourth-order valence-corrected chi connectivity index (χ4v) is 2.56. The summed E-state index contributed by atoms with van der Waals surface area (Å²) in [5, 5.41) is 0. The molecule has 0 amide bonds. The predicted molar refractivity (Wildman–Crippen MR) is 69.9 cm³/mol. The van der Waals surface area contributed by atoms with Crippen LogP contribution in [0.15, 0.2) is 24.3 Å². The minimum atomic E-state index is 0.746. The maximum absolute atomic E-state index is 5.89. The molecule has 1 nitrogen and oxygen atoms in total. The van der Waals surface area contributed by atoms with Gasteiger partial charge in [0.25, 0.3) is 0 Å². The van der Waals surface area contributed by atoms with Gasteiger partial charge in [-0.25, -0.2) is 0 Å². The lowest BCUT2D eigenvalue weighted by Gasteiger charge is -2.31. The van der Waals surface area contributed by atoms with E-state index in [-0.39, 0.29) is 0 Å². The Labute approximate surface area is 103 Å². The standard InChI is InChI=1S/C14H20ClN/c1-12-2-4-14(5-3-12)11-16-8-6-13(10-15)7-9-16/h2-5,13H,6-11H2,1H3. The summed E-state index contributed by atoms with van der Waals surface area (Å²) in [6.45, 7) is 5.63. The van der Waals surface area contributed by atoms with Crippen LogP contribution < -0.4 is 0 Å². The third-order valence-electron chi connectivity index (χ3n) is 3.45. The van der Waals surface area contributed by atoms with Gasteiger partial charge in [0.15, 0.2) is 0 Å². The van der Waals surface area contributed by atoms with Gasteiger partial charge in [0, 0.05) is 12.4 Å². The monoisotopic (exact) mass is 237 g/mol. The predicted octanol–water partition coefficient (Wildman–Crippen LogP) is 3.45. The van der Waals surface area contributed by atoms with Crippen molar-refractivity contribution in [1.82, 2.24) is 4.90 Å². The van der Waals surface area contributed by atoms with Crippen molar-refractivity contribution >= 4 is 11.6 Å². The van der Waals surface area contributed by atoms with Crippen LogP contribution in [0, 0.1) is 12.8 Å². The van der Waals surface area contributed by atoms with Gasteiger partial charge in [0.05, 0.1) is 0 Å². The van der Waals surface area contributed by atoms with E-state index in [1.165, 1.54) is 37.1 Å². The number of hydrogen-bond acceptors (Lipinski definition) is 1. The Morgan fingerprint density at radius 2 is 1.81 bits per heavy atom. The smallest absolute Gasteiger partial charge is 0.0252 e. The van der Waals surface area contributed by atoms with Crippen molar-refractivity contribution in [1.29, 1.82) is 0 Å². The molecule has 0 atom stereocenters. The zero-order valence-corrected chi connectivity index (χ0v) is 10.7. The molecule has 0 saturated carbocycles. The van der Waals surface area contributed by atoms with E-state index in [2.05, 4.69) is 36.1 Å². The second-order valence-corrected chi connectivity index (χ2v) is 5.17. The van der Waals surface area contributed by atoms with Crippen LogP contribution >= 0.6 is 11.6 Å². The van der Waals surface area contributed by atoms with Gasteiger partial charge < -0.3 is 0 Å². The second-order valence-electron chi connectivity index (χ2n) is 4.86. The summed E-state index contributed by atoms with van der Waals surface area (Å²) in [5.74, 6) is 1.58. The maximum atomic E-state index is 5.89. The quantitative estimate of drug-likeness (QED) is 0.728. The van der Waals surface area contributed by atoms with E-state index in [4.69, 9.17) is 11.6 Å². The van der Waals surface area contributed by atoms with Crippen molar-refractivity contribution in [3.63, 3.8) is 0 Å². The first-order valence-electron chi connectivity index (χ1n) is 6.12. The molecule has 0 N–H and O–H groups in total. The van der Waals surface area contributed by atoms with E-state index in [0.717, 1.165) is 18.3 Å². The highest BCUT2D eigenvalue weighted by molar-refractivity contribution is 6.18. The van der Waals surface area contributed by atoms with Crippen LogP contribution in [0.25, 0.3) is 0 Å². The first kappa shape index (κ1) is 11.9. The summed E-state index contributed by atoms with van der Waals surface area (Å²) >= 11 is 5.89. The van der Waals surface area contributed by atoms with Crippen LogP contribution in [0.1, 0.15) is 24.0 Å². The number of benzene rings is 1. The van der Waals surface area contributed by atoms with Gasteiger partial charge in [0.2, 0.25) is 0 Å². The number of halogens is 1. The Kier molecular flexibility index (Phi) is 4.25. The number of aryl methyl sites for hydroxylation is 1. The van der Waals surface area contributed by atoms with E-state index < -0.39 is 0 Å². The zero-order chi connectivity index (χ0) is 11.4. The van der Waals surface area contributed by atoms with Crippen LogP contribution in [-0.2, 0) is 6.54 Å². The molecule has 1 aliphatic rings. The molecule has 2 rings (SSSR count). The van der Waals surface area contributed by atoms with Crippen molar-refractivity contribution in [2.75, 3.05) is 19.0 Å². The topological polar surface area (TPSA) is 3.24 Å². The maximum Gasteiger partial charge on any atom is 0.0252 e. The number of hydrogen-bond donors (Lipinski definition) is 0. The van der Waals surface area contributed by atoms with Crippen LogP contribution in [-0.4, -0.2) is 23.9 Å². The Morgan fingerprint density at radius 1 is 1.19 bits per heavy atom. The minimum Gasteiger partial charge on any atom is -0.299 e. The lowest BCUT2D eigenvalue weighted by Crippen LogP contribution is -2.33. The van der Waals surface area contributed by atoms with Gasteiger partial charge in [-0.1, -0.05) is 29.8 Å². The van der Waals surface area contributed by atoms with Gasteiger partial charge in [-0.3, -0.25) is 4.90 Å². The molecule has 16 heavy (non-hydrogen) atoms. The van der Waals surface area contributed by atoms with Crippen molar-refractivity contribution in [3.8, 4) is 0 Å². The molecular weight excluding hydrogens is 218 g/mol. The molecule has 1 aromatic carbocycles. The fraction of sp³-hybridized carbons (Fsp3) is 0.571. The zero-order valence-electron chi connectivity index (χ0n) is 9.95. The van der Waals surface area contributed by atoms with Gasteiger partial charge in [-0.05, 0) is 44.3 Å². The molecule has 0 spiro atoms. The summed E-state index contributed by atoms with van der Waals surface area (Å²) < 4.78 is 0. The number of nitrogens with zero attached hydrogens (tertiary/aromatic N) is 1. The first-order valence-corrected chi connectivity index (χ1v) is 6.65. The number of likely N-dealkylation sites (tertiary alicyclic amines) is 1. The summed E-state index contributed by atoms with van der Waals surface area (Å²) in [4.78, 5) is 2.54. The molecule has 0 aliphatic carbocycles. The molecule has 1 heterocycles. The molecule has 0 unspecified atom stereocenters. The molecule has 0 bridgehead atoms. The van der Waals surface area contributed by atoms with E-state index in [9.17, 15) is 0 Å². The third kappa shape index (κ3) is 3.23. The largest absolute Gasteiger partial charge is 0.299 e. The van der Waals surface area contributed by atoms with E-state index in [1.54, 1.807) is 0 Å². The Balaban J connectivity index is 1.84. The molecule has 1 fully saturated rings. The number of alkyl halides is 1. The highest BCUT2D eigenvalue weighted by Crippen LogP contribution is 2.19. The average Bonchev–Trinajstić information content (AvgIpc) is 2.33. The molecule has 0 aromatic heterocycles. The minimum absolute atomic E-state index is 0.746. The molecule has 1 aliphatic heterocycles. The van der Waals surface area contributed by atoms with Gasteiger partial charge >= 0.3 is 0 Å². The fourth-order valence-electron chi connectivity index (χ4n) is 2.25. The molecule has 1 aromatic rings. The Bertz CT molecular complexity index is 312. The summed E-state index contributed by atoms with van der Waals surface area (Å²) in [5.41, 5.74) is 2.76. The molecule has 2 heteroatoms. The van der Waals surface area contributed by atoms with Crippen molar-refractivity contribution in [3.05, 3.63) is 35.4 Å². The summed E-state index contributed by atoms with van der Waals surface area (Å²) in [6.07, 6.45) is 2.52. The lowest BCUT2D eigenvalue weighted by molar-refractivity contribution is 0.186. The van der Waals surface area contributed by atoms with Crippen molar-refractivity contribution < 1.29 is 0 Å². The third-order valence-corrected chi connectivity index (χ3v) is 3.89. The average molecular weight is 238 g/mol. The summed E-state index contributed by atoms with van der Waals surface area (Å²) in [7, 11) is 0. The van der Waals surface area contributed by atoms with Crippen LogP contribution in [0.5, 0.6) is 0 Å². The SMILES string of the molecule is Cc1ccc(CN2CCC(CCl)CC2)cc1. The van der Waals surface area contributed by atoms with Crippen LogP contribution in [0.2, 0.25) is 0 Å². The van der Waals surface area contributed by atoms with Crippen LogP contribution in [0.4, 0.5) is 0 Å². The Hall–Kier alpha value is -0.530.